The third kappa shape index (κ3) is 2.45. The standard InChI is InChI=1S/C17H15BrFN5O2/c1-3-22-12(25)8-24-15(26)13-14(21-17(22)24)23(16(18)20-13)7-10-6-11(19)5-4-9(10)2/h4-6H,3,7-8H2,1-2H3. The molecule has 1 aliphatic heterocycles. The molecule has 9 heteroatoms. The summed E-state index contributed by atoms with van der Waals surface area (Å²) in [7, 11) is 0. The molecule has 4 rings (SSSR count). The molecule has 0 saturated heterocycles. The van der Waals surface area contributed by atoms with E-state index in [9.17, 15) is 14.0 Å². The predicted octanol–water partition coefficient (Wildman–Crippen LogP) is 2.22. The van der Waals surface area contributed by atoms with Crippen LogP contribution in [-0.2, 0) is 17.9 Å². The van der Waals surface area contributed by atoms with E-state index in [0.29, 0.717) is 29.4 Å². The van der Waals surface area contributed by atoms with Crippen LogP contribution in [0.4, 0.5) is 10.3 Å². The van der Waals surface area contributed by atoms with Crippen LogP contribution in [0.1, 0.15) is 18.1 Å². The van der Waals surface area contributed by atoms with Gasteiger partial charge in [0, 0.05) is 6.54 Å². The molecule has 7 nitrogen and oxygen atoms in total. The Morgan fingerprint density at radius 3 is 2.77 bits per heavy atom. The number of aryl methyl sites for hydroxylation is 1. The molecule has 0 unspecified atom stereocenters. The largest absolute Gasteiger partial charge is 0.298 e. The number of likely N-dealkylation sites (N-methyl/N-ethyl adjacent to an activating group) is 1. The molecule has 3 aromatic rings. The average Bonchev–Trinajstić information content (AvgIpc) is 3.09. The van der Waals surface area contributed by atoms with Crippen LogP contribution < -0.4 is 10.5 Å². The molecule has 0 N–H and O–H groups in total. The summed E-state index contributed by atoms with van der Waals surface area (Å²) in [5, 5.41) is 0. The molecule has 0 radical (unpaired) electrons. The van der Waals surface area contributed by atoms with Crippen LogP contribution in [-0.4, -0.2) is 31.6 Å². The number of imidazole rings is 1. The van der Waals surface area contributed by atoms with Gasteiger partial charge in [-0.05, 0) is 53.0 Å². The highest BCUT2D eigenvalue weighted by molar-refractivity contribution is 9.10. The van der Waals surface area contributed by atoms with Crippen molar-refractivity contribution >= 4 is 38.9 Å². The molecule has 1 aliphatic rings. The second kappa shape index (κ2) is 6.01. The van der Waals surface area contributed by atoms with Crippen molar-refractivity contribution in [2.24, 2.45) is 0 Å². The fourth-order valence-corrected chi connectivity index (χ4v) is 3.64. The van der Waals surface area contributed by atoms with Crippen LogP contribution >= 0.6 is 15.9 Å². The number of carbonyl (C=O) groups is 1. The molecule has 0 spiro atoms. The van der Waals surface area contributed by atoms with E-state index in [4.69, 9.17) is 0 Å². The third-order valence-electron chi connectivity index (χ3n) is 4.58. The number of hydrogen-bond donors (Lipinski definition) is 0. The molecule has 134 valence electrons. The summed E-state index contributed by atoms with van der Waals surface area (Å²) in [6.07, 6.45) is 0. The first kappa shape index (κ1) is 16.9. The number of fused-ring (bicyclic) bond motifs is 2. The minimum absolute atomic E-state index is 0.0293. The van der Waals surface area contributed by atoms with Gasteiger partial charge >= 0.3 is 0 Å². The van der Waals surface area contributed by atoms with Gasteiger partial charge in [0.2, 0.25) is 11.9 Å². The highest BCUT2D eigenvalue weighted by Crippen LogP contribution is 2.24. The fraction of sp³-hybridized carbons (Fsp3) is 0.294. The molecule has 1 amide bonds. The second-order valence-electron chi connectivity index (χ2n) is 6.15. The third-order valence-corrected chi connectivity index (χ3v) is 5.19. The minimum Gasteiger partial charge on any atom is -0.298 e. The molecule has 2 aromatic heterocycles. The molecular weight excluding hydrogens is 405 g/mol. The van der Waals surface area contributed by atoms with Crippen molar-refractivity contribution in [3.63, 3.8) is 0 Å². The maximum Gasteiger partial charge on any atom is 0.283 e. The number of hydrogen-bond acceptors (Lipinski definition) is 4. The summed E-state index contributed by atoms with van der Waals surface area (Å²) >= 11 is 3.37. The Morgan fingerprint density at radius 2 is 2.04 bits per heavy atom. The maximum absolute atomic E-state index is 13.6. The van der Waals surface area contributed by atoms with Gasteiger partial charge in [-0.1, -0.05) is 6.07 Å². The van der Waals surface area contributed by atoms with Gasteiger partial charge < -0.3 is 0 Å². The van der Waals surface area contributed by atoms with E-state index in [2.05, 4.69) is 25.9 Å². The first-order chi connectivity index (χ1) is 12.4. The summed E-state index contributed by atoms with van der Waals surface area (Å²) in [5.41, 5.74) is 1.87. The Kier molecular flexibility index (Phi) is 3.91. The lowest BCUT2D eigenvalue weighted by molar-refractivity contribution is -0.118. The number of amides is 1. The van der Waals surface area contributed by atoms with E-state index < -0.39 is 0 Å². The lowest BCUT2D eigenvalue weighted by Gasteiger charge is -2.13. The number of halogens is 2. The van der Waals surface area contributed by atoms with Crippen LogP contribution in [0, 0.1) is 12.7 Å². The molecule has 0 atom stereocenters. The number of rotatable bonds is 3. The van der Waals surface area contributed by atoms with E-state index in [1.165, 1.54) is 21.6 Å². The van der Waals surface area contributed by atoms with E-state index in [1.54, 1.807) is 10.6 Å². The monoisotopic (exact) mass is 419 g/mol. The number of carbonyl (C=O) groups excluding carboxylic acids is 1. The van der Waals surface area contributed by atoms with E-state index >= 15 is 0 Å². The highest BCUT2D eigenvalue weighted by atomic mass is 79.9. The van der Waals surface area contributed by atoms with Crippen LogP contribution in [0.3, 0.4) is 0 Å². The van der Waals surface area contributed by atoms with E-state index in [-0.39, 0.29) is 29.3 Å². The van der Waals surface area contributed by atoms with E-state index in [1.807, 2.05) is 13.8 Å². The summed E-state index contributed by atoms with van der Waals surface area (Å²) in [4.78, 5) is 35.1. The van der Waals surface area contributed by atoms with Gasteiger partial charge in [-0.3, -0.25) is 23.6 Å². The molecule has 1 aromatic carbocycles. The zero-order chi connectivity index (χ0) is 18.6. The predicted molar refractivity (Wildman–Crippen MR) is 97.8 cm³/mol. The summed E-state index contributed by atoms with van der Waals surface area (Å²) < 4.78 is 17.1. The van der Waals surface area contributed by atoms with Crippen molar-refractivity contribution in [2.45, 2.75) is 26.9 Å². The Balaban J connectivity index is 1.92. The van der Waals surface area contributed by atoms with Gasteiger partial charge in [-0.25, -0.2) is 9.37 Å². The molecule has 26 heavy (non-hydrogen) atoms. The normalized spacial score (nSPS) is 13.7. The SMILES string of the molecule is CCN1C(=O)Cn2c1nc1c(nc(Br)n1Cc1cc(F)ccc1C)c2=O. The van der Waals surface area contributed by atoms with Crippen LogP contribution in [0.2, 0.25) is 0 Å². The highest BCUT2D eigenvalue weighted by Gasteiger charge is 2.31. The zero-order valence-corrected chi connectivity index (χ0v) is 15.7. The Morgan fingerprint density at radius 1 is 1.27 bits per heavy atom. The summed E-state index contributed by atoms with van der Waals surface area (Å²) in [5.74, 6) is -0.182. The number of benzene rings is 1. The zero-order valence-electron chi connectivity index (χ0n) is 14.2. The van der Waals surface area contributed by atoms with Gasteiger partial charge in [0.1, 0.15) is 12.4 Å². The summed E-state index contributed by atoms with van der Waals surface area (Å²) in [6.45, 7) is 4.41. The quantitative estimate of drug-likeness (QED) is 0.610. The van der Waals surface area contributed by atoms with Crippen molar-refractivity contribution in [1.82, 2.24) is 19.1 Å². The fourth-order valence-electron chi connectivity index (χ4n) is 3.17. The first-order valence-electron chi connectivity index (χ1n) is 8.12. The van der Waals surface area contributed by atoms with Crippen LogP contribution in [0.25, 0.3) is 11.2 Å². The number of anilines is 1. The Labute approximate surface area is 156 Å². The number of aromatic nitrogens is 4. The van der Waals surface area contributed by atoms with Gasteiger partial charge in [-0.2, -0.15) is 4.98 Å². The second-order valence-corrected chi connectivity index (χ2v) is 6.86. The average molecular weight is 420 g/mol. The molecule has 3 heterocycles. The Bertz CT molecular complexity index is 1120. The van der Waals surface area contributed by atoms with Crippen molar-refractivity contribution in [1.29, 1.82) is 0 Å². The molecule has 0 fully saturated rings. The van der Waals surface area contributed by atoms with Crippen molar-refractivity contribution in [2.75, 3.05) is 11.4 Å². The molecule has 0 bridgehead atoms. The number of nitrogens with zero attached hydrogens (tertiary/aromatic N) is 5. The van der Waals surface area contributed by atoms with Crippen molar-refractivity contribution < 1.29 is 9.18 Å². The minimum atomic E-state index is -0.357. The van der Waals surface area contributed by atoms with Gasteiger partial charge in [0.15, 0.2) is 15.9 Å². The smallest absolute Gasteiger partial charge is 0.283 e. The van der Waals surface area contributed by atoms with Gasteiger partial charge in [-0.15, -0.1) is 0 Å². The van der Waals surface area contributed by atoms with Crippen molar-refractivity contribution in [3.05, 3.63) is 50.2 Å². The first-order valence-corrected chi connectivity index (χ1v) is 8.92. The molecule has 0 saturated carbocycles. The lowest BCUT2D eigenvalue weighted by Crippen LogP contribution is -2.26. The maximum atomic E-state index is 13.6. The van der Waals surface area contributed by atoms with Crippen molar-refractivity contribution in [3.8, 4) is 0 Å². The summed E-state index contributed by atoms with van der Waals surface area (Å²) in [6, 6.07) is 4.56. The van der Waals surface area contributed by atoms with Gasteiger partial charge in [0.05, 0.1) is 6.54 Å². The Hall–Kier alpha value is -2.55. The van der Waals surface area contributed by atoms with E-state index in [0.717, 1.165) is 11.1 Å². The van der Waals surface area contributed by atoms with Crippen LogP contribution in [0.15, 0.2) is 27.7 Å². The lowest BCUT2D eigenvalue weighted by atomic mass is 10.1. The van der Waals surface area contributed by atoms with Crippen LogP contribution in [0.5, 0.6) is 0 Å². The molecular formula is C17H15BrFN5O2. The molecule has 0 aliphatic carbocycles. The van der Waals surface area contributed by atoms with Gasteiger partial charge in [0.25, 0.3) is 5.56 Å². The topological polar surface area (TPSA) is 73.0 Å².